The molecule has 7 heteroatoms. The molecule has 0 bridgehead atoms. The second-order valence-corrected chi connectivity index (χ2v) is 7.39. The van der Waals surface area contributed by atoms with Gasteiger partial charge in [0.05, 0.1) is 6.61 Å². The summed E-state index contributed by atoms with van der Waals surface area (Å²) in [6, 6.07) is 7.91. The summed E-state index contributed by atoms with van der Waals surface area (Å²) in [4.78, 5) is 9.22. The Balaban J connectivity index is 2.30. The zero-order chi connectivity index (χ0) is 19.3. The first-order chi connectivity index (χ1) is 12.5. The number of hydrogen-bond acceptors (Lipinski definition) is 6. The van der Waals surface area contributed by atoms with Crippen molar-refractivity contribution in [1.29, 1.82) is 0 Å². The highest BCUT2D eigenvalue weighted by Crippen LogP contribution is 2.20. The summed E-state index contributed by atoms with van der Waals surface area (Å²) in [5.41, 5.74) is 2.09. The van der Waals surface area contributed by atoms with E-state index in [9.17, 15) is 8.42 Å². The molecule has 0 radical (unpaired) electrons. The van der Waals surface area contributed by atoms with Gasteiger partial charge in [0.15, 0.2) is 0 Å². The normalized spacial score (nSPS) is 13.0. The maximum atomic E-state index is 11.3. The Morgan fingerprint density at radius 2 is 1.50 bits per heavy atom. The van der Waals surface area contributed by atoms with E-state index in [0.717, 1.165) is 12.0 Å². The molecule has 0 aliphatic carbocycles. The Bertz CT molecular complexity index is 570. The molecule has 0 saturated carbocycles. The van der Waals surface area contributed by atoms with Gasteiger partial charge in [-0.15, -0.1) is 0 Å². The molecular weight excluding hydrogens is 356 g/mol. The lowest BCUT2D eigenvalue weighted by molar-refractivity contribution is -0.276. The van der Waals surface area contributed by atoms with Crippen LogP contribution in [0.4, 0.5) is 0 Å². The topological polar surface area (TPSA) is 71.1 Å². The highest BCUT2D eigenvalue weighted by molar-refractivity contribution is 7.81. The number of aryl methyl sites for hydroxylation is 1. The minimum absolute atomic E-state index is 0.0817. The smallest absolute Gasteiger partial charge is 0.218 e. The lowest BCUT2D eigenvalue weighted by Crippen LogP contribution is -2.13. The lowest BCUT2D eigenvalue weighted by atomic mass is 10.0. The van der Waals surface area contributed by atoms with Gasteiger partial charge in [-0.2, -0.15) is 8.42 Å². The van der Waals surface area contributed by atoms with Crippen LogP contribution in [0.3, 0.4) is 0 Å². The monoisotopic (exact) mass is 388 g/mol. The average molecular weight is 389 g/mol. The highest BCUT2D eigenvalue weighted by Gasteiger charge is 2.18. The number of hydrogen-bond donors (Lipinski definition) is 0. The molecule has 26 heavy (non-hydrogen) atoms. The second kappa shape index (κ2) is 13.2. The van der Waals surface area contributed by atoms with Crippen molar-refractivity contribution in [3.8, 4) is 0 Å². The van der Waals surface area contributed by atoms with Crippen LogP contribution in [0, 0.1) is 0 Å². The lowest BCUT2D eigenvalue weighted by Gasteiger charge is -2.12. The van der Waals surface area contributed by atoms with E-state index in [2.05, 4.69) is 20.5 Å². The van der Waals surface area contributed by atoms with E-state index in [1.165, 1.54) is 50.5 Å². The van der Waals surface area contributed by atoms with Gasteiger partial charge in [-0.25, -0.2) is 9.78 Å². The minimum Gasteiger partial charge on any atom is -0.218 e. The van der Waals surface area contributed by atoms with Crippen molar-refractivity contribution in [3.05, 3.63) is 35.4 Å². The first-order valence-electron chi connectivity index (χ1n) is 9.48. The third-order valence-corrected chi connectivity index (χ3v) is 4.54. The van der Waals surface area contributed by atoms with Crippen LogP contribution in [0.2, 0.25) is 0 Å². The molecule has 0 amide bonds. The van der Waals surface area contributed by atoms with Gasteiger partial charge in [-0.05, 0) is 37.8 Å². The van der Waals surface area contributed by atoms with E-state index >= 15 is 0 Å². The zero-order valence-corrected chi connectivity index (χ0v) is 16.9. The van der Waals surface area contributed by atoms with Gasteiger partial charge < -0.3 is 0 Å². The highest BCUT2D eigenvalue weighted by atomic mass is 32.3. The molecule has 1 aromatic rings. The fourth-order valence-corrected chi connectivity index (χ4v) is 2.97. The molecular formula is C19H32O6S. The molecule has 1 atom stereocenters. The van der Waals surface area contributed by atoms with Crippen molar-refractivity contribution in [1.82, 2.24) is 0 Å². The van der Waals surface area contributed by atoms with Crippen molar-refractivity contribution in [2.75, 3.05) is 6.61 Å². The van der Waals surface area contributed by atoms with Crippen LogP contribution in [0.25, 0.3) is 0 Å². The van der Waals surface area contributed by atoms with E-state index in [0.29, 0.717) is 0 Å². The van der Waals surface area contributed by atoms with Crippen LogP contribution < -0.4 is 0 Å². The van der Waals surface area contributed by atoms with Gasteiger partial charge in [-0.1, -0.05) is 78.4 Å². The summed E-state index contributed by atoms with van der Waals surface area (Å²) in [6.45, 7) is 5.60. The summed E-state index contributed by atoms with van der Waals surface area (Å²) in [7, 11) is -4.32. The van der Waals surface area contributed by atoms with Gasteiger partial charge in [-0.3, -0.25) is 0 Å². The molecule has 0 aromatic heterocycles. The fraction of sp³-hybridized carbons (Fsp3) is 0.684. The molecule has 6 nitrogen and oxygen atoms in total. The average Bonchev–Trinajstić information content (AvgIpc) is 2.64. The largest absolute Gasteiger partial charge is 0.453 e. The number of benzene rings is 1. The first-order valence-corrected chi connectivity index (χ1v) is 10.8. The van der Waals surface area contributed by atoms with Gasteiger partial charge in [0.2, 0.25) is 0 Å². The van der Waals surface area contributed by atoms with E-state index in [4.69, 9.17) is 4.89 Å². The van der Waals surface area contributed by atoms with Crippen molar-refractivity contribution < 1.29 is 26.9 Å². The quantitative estimate of drug-likeness (QED) is 0.234. The summed E-state index contributed by atoms with van der Waals surface area (Å²) in [6.07, 6.45) is 9.55. The third-order valence-electron chi connectivity index (χ3n) is 4.03. The molecule has 0 spiro atoms. The summed E-state index contributed by atoms with van der Waals surface area (Å²) in [5.74, 6) is 0. The molecule has 1 aromatic carbocycles. The molecule has 1 unspecified atom stereocenters. The van der Waals surface area contributed by atoms with Crippen LogP contribution in [-0.4, -0.2) is 15.0 Å². The van der Waals surface area contributed by atoms with Gasteiger partial charge >= 0.3 is 10.4 Å². The third kappa shape index (κ3) is 10.2. The van der Waals surface area contributed by atoms with E-state index < -0.39 is 16.5 Å². The molecule has 0 N–H and O–H groups in total. The van der Waals surface area contributed by atoms with Crippen molar-refractivity contribution in [2.45, 2.75) is 78.2 Å². The molecule has 0 saturated heterocycles. The van der Waals surface area contributed by atoms with Gasteiger partial charge in [0.25, 0.3) is 0 Å². The minimum atomic E-state index is -4.32. The van der Waals surface area contributed by atoms with Gasteiger partial charge in [0, 0.05) is 0 Å². The second-order valence-electron chi connectivity index (χ2n) is 6.30. The van der Waals surface area contributed by atoms with Crippen LogP contribution in [0.1, 0.15) is 82.9 Å². The SMILES string of the molecule is CCCCCCCCCc1ccc(C(C)OOS(=O)(=O)OOCC)cc1. The molecule has 0 aliphatic heterocycles. The maximum Gasteiger partial charge on any atom is 0.453 e. The van der Waals surface area contributed by atoms with E-state index in [1.54, 1.807) is 13.8 Å². The Morgan fingerprint density at radius 3 is 2.12 bits per heavy atom. The molecule has 0 heterocycles. The van der Waals surface area contributed by atoms with Crippen molar-refractivity contribution in [3.63, 3.8) is 0 Å². The Hall–Kier alpha value is -0.990. The van der Waals surface area contributed by atoms with Crippen LogP contribution >= 0.6 is 0 Å². The Morgan fingerprint density at radius 1 is 0.885 bits per heavy atom. The molecule has 150 valence electrons. The van der Waals surface area contributed by atoms with Crippen LogP contribution in [-0.2, 0) is 35.3 Å². The Kier molecular flexibility index (Phi) is 11.7. The molecule has 0 aliphatic rings. The maximum absolute atomic E-state index is 11.3. The van der Waals surface area contributed by atoms with E-state index in [1.807, 2.05) is 24.3 Å². The van der Waals surface area contributed by atoms with Crippen molar-refractivity contribution >= 4 is 10.4 Å². The number of unbranched alkanes of at least 4 members (excludes halogenated alkanes) is 6. The summed E-state index contributed by atoms with van der Waals surface area (Å²) < 4.78 is 31.0. The summed E-state index contributed by atoms with van der Waals surface area (Å²) >= 11 is 0. The van der Waals surface area contributed by atoms with E-state index in [-0.39, 0.29) is 6.61 Å². The predicted molar refractivity (Wildman–Crippen MR) is 100 cm³/mol. The predicted octanol–water partition coefficient (Wildman–Crippen LogP) is 5.20. The summed E-state index contributed by atoms with van der Waals surface area (Å²) in [5, 5.41) is 0. The zero-order valence-electron chi connectivity index (χ0n) is 16.1. The molecule has 0 fully saturated rings. The Labute approximate surface area is 158 Å². The molecule has 1 rings (SSSR count). The number of rotatable bonds is 15. The van der Waals surface area contributed by atoms with Crippen LogP contribution in [0.5, 0.6) is 0 Å². The first kappa shape index (κ1) is 23.0. The fourth-order valence-electron chi connectivity index (χ4n) is 2.52. The van der Waals surface area contributed by atoms with Crippen LogP contribution in [0.15, 0.2) is 24.3 Å². The van der Waals surface area contributed by atoms with Gasteiger partial charge in [0.1, 0.15) is 6.10 Å². The standard InChI is InChI=1S/C19H32O6S/c1-4-6-7-8-9-10-11-12-18-13-15-19(16-14-18)17(3)23-25-26(20,21)24-22-5-2/h13-17H,4-12H2,1-3H3. The van der Waals surface area contributed by atoms with Crippen molar-refractivity contribution in [2.24, 2.45) is 0 Å².